The first-order chi connectivity index (χ1) is 24.7. The van der Waals surface area contributed by atoms with E-state index in [2.05, 4.69) is 106 Å². The maximum atomic E-state index is 12.0. The summed E-state index contributed by atoms with van der Waals surface area (Å²) in [6.07, 6.45) is 8.18. The normalized spacial score (nSPS) is 11.0. The van der Waals surface area contributed by atoms with Crippen molar-refractivity contribution in [2.45, 2.75) is 65.2 Å². The van der Waals surface area contributed by atoms with Gasteiger partial charge in [-0.15, -0.1) is 0 Å². The van der Waals surface area contributed by atoms with Crippen molar-refractivity contribution in [3.63, 3.8) is 0 Å². The van der Waals surface area contributed by atoms with Crippen molar-refractivity contribution in [3.8, 4) is 22.3 Å². The van der Waals surface area contributed by atoms with Gasteiger partial charge in [0.15, 0.2) is 0 Å². The zero-order chi connectivity index (χ0) is 36.6. The third-order valence-corrected chi connectivity index (χ3v) is 9.22. The summed E-state index contributed by atoms with van der Waals surface area (Å²) in [5.74, 6) is -1.73. The summed E-state index contributed by atoms with van der Waals surface area (Å²) in [4.78, 5) is 24.1. The zero-order valence-corrected chi connectivity index (χ0v) is 30.2. The quantitative estimate of drug-likeness (QED) is 0.0550. The number of benzene rings is 4. The van der Waals surface area contributed by atoms with Gasteiger partial charge in [-0.3, -0.25) is 0 Å². The summed E-state index contributed by atoms with van der Waals surface area (Å²) in [7, 11) is 0. The summed E-state index contributed by atoms with van der Waals surface area (Å²) in [5, 5.41) is 18.3. The standard InChI is InChI=1S/C45H52O6/c1-5-7-8-9-34-18-22-41(23-19-34)43-25-24-42(27-39(43)6-2)40-20-16-36(17-21-40)11-10-35-12-14-37(15-13-35)26-38(30-50-44(48)32(3)28-46)31-51-45(49)33(4)29-47/h12-25,27,38,46-47H,3-11,26,28-31H2,1-2H3. The molecule has 2 N–H and O–H groups in total. The molecule has 0 aliphatic carbocycles. The van der Waals surface area contributed by atoms with E-state index < -0.39 is 25.2 Å². The second-order valence-electron chi connectivity index (χ2n) is 13.2. The SMILES string of the molecule is C=C(CO)C(=O)OCC(COC(=O)C(=C)CO)Cc1ccc(CCc2ccc(-c3ccc(-c4ccc(CCCCC)cc4)c(CC)c3)cc2)cc1. The average molecular weight is 689 g/mol. The van der Waals surface area contributed by atoms with Gasteiger partial charge >= 0.3 is 11.9 Å². The summed E-state index contributed by atoms with van der Waals surface area (Å²) in [6, 6.07) is 33.0. The van der Waals surface area contributed by atoms with Crippen molar-refractivity contribution in [1.82, 2.24) is 0 Å². The number of carbonyl (C=O) groups excluding carboxylic acids is 2. The summed E-state index contributed by atoms with van der Waals surface area (Å²) in [5.41, 5.74) is 11.2. The van der Waals surface area contributed by atoms with Gasteiger partial charge in [0.25, 0.3) is 0 Å². The summed E-state index contributed by atoms with van der Waals surface area (Å²) in [6.45, 7) is 10.4. The van der Waals surface area contributed by atoms with Gasteiger partial charge in [0.05, 0.1) is 37.6 Å². The van der Waals surface area contributed by atoms with E-state index in [0.29, 0.717) is 6.42 Å². The number of aryl methyl sites for hydroxylation is 4. The minimum absolute atomic E-state index is 0.0224. The molecule has 0 aromatic heterocycles. The number of aliphatic hydroxyl groups is 2. The van der Waals surface area contributed by atoms with E-state index >= 15 is 0 Å². The Kier molecular flexibility index (Phi) is 15.4. The number of esters is 2. The molecule has 268 valence electrons. The first-order valence-electron chi connectivity index (χ1n) is 18.0. The molecule has 51 heavy (non-hydrogen) atoms. The van der Waals surface area contributed by atoms with Crippen LogP contribution in [0.15, 0.2) is 115 Å². The van der Waals surface area contributed by atoms with E-state index in [0.717, 1.165) is 31.2 Å². The summed E-state index contributed by atoms with van der Waals surface area (Å²) >= 11 is 0. The monoisotopic (exact) mass is 688 g/mol. The third-order valence-electron chi connectivity index (χ3n) is 9.22. The lowest BCUT2D eigenvalue weighted by molar-refractivity contribution is -0.144. The second kappa shape index (κ2) is 20.2. The van der Waals surface area contributed by atoms with Crippen LogP contribution in [0.2, 0.25) is 0 Å². The molecule has 6 heteroatoms. The van der Waals surface area contributed by atoms with Crippen molar-refractivity contribution >= 4 is 11.9 Å². The molecule has 4 aromatic rings. The molecule has 0 saturated carbocycles. The Bertz CT molecular complexity index is 1700. The molecule has 4 rings (SSSR count). The van der Waals surface area contributed by atoms with Gasteiger partial charge < -0.3 is 19.7 Å². The highest BCUT2D eigenvalue weighted by Crippen LogP contribution is 2.30. The Hall–Kier alpha value is -4.78. The topological polar surface area (TPSA) is 93.1 Å². The Morgan fingerprint density at radius 2 is 1.08 bits per heavy atom. The average Bonchev–Trinajstić information content (AvgIpc) is 3.18. The molecule has 6 nitrogen and oxygen atoms in total. The molecular weight excluding hydrogens is 636 g/mol. The molecule has 0 atom stereocenters. The largest absolute Gasteiger partial charge is 0.462 e. The predicted molar refractivity (Wildman–Crippen MR) is 205 cm³/mol. The highest BCUT2D eigenvalue weighted by molar-refractivity contribution is 5.88. The van der Waals surface area contributed by atoms with Crippen LogP contribution in [-0.2, 0) is 51.2 Å². The first-order valence-corrected chi connectivity index (χ1v) is 18.0. The number of hydrogen-bond acceptors (Lipinski definition) is 6. The maximum Gasteiger partial charge on any atom is 0.335 e. The van der Waals surface area contributed by atoms with Crippen molar-refractivity contribution in [1.29, 1.82) is 0 Å². The van der Waals surface area contributed by atoms with E-state index in [4.69, 9.17) is 19.7 Å². The number of carbonyl (C=O) groups is 2. The van der Waals surface area contributed by atoms with E-state index in [1.54, 1.807) is 0 Å². The van der Waals surface area contributed by atoms with Gasteiger partial charge in [-0.2, -0.15) is 0 Å². The van der Waals surface area contributed by atoms with Crippen LogP contribution >= 0.6 is 0 Å². The van der Waals surface area contributed by atoms with Crippen LogP contribution in [0.5, 0.6) is 0 Å². The molecule has 0 amide bonds. The maximum absolute atomic E-state index is 12.0. The van der Waals surface area contributed by atoms with Crippen molar-refractivity contribution in [2.24, 2.45) is 5.92 Å². The van der Waals surface area contributed by atoms with E-state index in [9.17, 15) is 9.59 Å². The Morgan fingerprint density at radius 3 is 1.59 bits per heavy atom. The Morgan fingerprint density at radius 1 is 0.608 bits per heavy atom. The van der Waals surface area contributed by atoms with Crippen LogP contribution in [0.3, 0.4) is 0 Å². The van der Waals surface area contributed by atoms with E-state index in [-0.39, 0.29) is 30.3 Å². The molecule has 0 bridgehead atoms. The molecule has 4 aromatic carbocycles. The molecule has 0 fully saturated rings. The smallest absolute Gasteiger partial charge is 0.335 e. The van der Waals surface area contributed by atoms with Crippen LogP contribution in [0.25, 0.3) is 22.3 Å². The lowest BCUT2D eigenvalue weighted by Gasteiger charge is -2.18. The number of aliphatic hydroxyl groups excluding tert-OH is 2. The first kappa shape index (κ1) is 39.0. The highest BCUT2D eigenvalue weighted by Gasteiger charge is 2.18. The fraction of sp³-hybridized carbons (Fsp3) is 0.333. The van der Waals surface area contributed by atoms with E-state index in [1.165, 1.54) is 63.8 Å². The van der Waals surface area contributed by atoms with Gasteiger partial charge in [-0.25, -0.2) is 9.59 Å². The Balaban J connectivity index is 1.33. The predicted octanol–water partition coefficient (Wildman–Crippen LogP) is 8.44. The van der Waals surface area contributed by atoms with Crippen LogP contribution < -0.4 is 0 Å². The van der Waals surface area contributed by atoms with Crippen LogP contribution in [0.1, 0.15) is 60.9 Å². The van der Waals surface area contributed by atoms with Crippen molar-refractivity contribution < 1.29 is 29.3 Å². The molecule has 0 spiro atoms. The number of rotatable bonds is 20. The fourth-order valence-corrected chi connectivity index (χ4v) is 5.99. The summed E-state index contributed by atoms with van der Waals surface area (Å²) < 4.78 is 10.6. The zero-order valence-electron chi connectivity index (χ0n) is 30.2. The molecular formula is C45H52O6. The van der Waals surface area contributed by atoms with E-state index in [1.807, 2.05) is 12.1 Å². The van der Waals surface area contributed by atoms with Crippen molar-refractivity contribution in [2.75, 3.05) is 26.4 Å². The molecule has 0 aliphatic heterocycles. The molecule has 0 aliphatic rings. The molecule has 0 heterocycles. The molecule has 0 unspecified atom stereocenters. The van der Waals surface area contributed by atoms with Gasteiger partial charge in [0, 0.05) is 5.92 Å². The minimum atomic E-state index is -0.699. The van der Waals surface area contributed by atoms with Gasteiger partial charge in [0.2, 0.25) is 0 Å². The lowest BCUT2D eigenvalue weighted by Crippen LogP contribution is -2.24. The van der Waals surface area contributed by atoms with Gasteiger partial charge in [-0.05, 0) is 88.6 Å². The number of unbranched alkanes of at least 4 members (excludes halogenated alkanes) is 2. The number of ether oxygens (including phenoxy) is 2. The highest BCUT2D eigenvalue weighted by atomic mass is 16.5. The van der Waals surface area contributed by atoms with Crippen LogP contribution in [0.4, 0.5) is 0 Å². The van der Waals surface area contributed by atoms with Crippen molar-refractivity contribution in [3.05, 3.63) is 143 Å². The second-order valence-corrected chi connectivity index (χ2v) is 13.2. The van der Waals surface area contributed by atoms with Gasteiger partial charge in [-0.1, -0.05) is 131 Å². The van der Waals surface area contributed by atoms with Gasteiger partial charge in [0.1, 0.15) is 0 Å². The third kappa shape index (κ3) is 11.9. The fourth-order valence-electron chi connectivity index (χ4n) is 5.99. The molecule has 0 radical (unpaired) electrons. The number of hydrogen-bond donors (Lipinski definition) is 2. The van der Waals surface area contributed by atoms with Crippen LogP contribution in [-0.4, -0.2) is 48.6 Å². The Labute approximate surface area is 303 Å². The lowest BCUT2D eigenvalue weighted by atomic mass is 9.92. The minimum Gasteiger partial charge on any atom is -0.462 e. The van der Waals surface area contributed by atoms with Crippen LogP contribution in [0, 0.1) is 5.92 Å². The molecule has 0 saturated heterocycles.